The summed E-state index contributed by atoms with van der Waals surface area (Å²) in [6, 6.07) is 17.7. The van der Waals surface area contributed by atoms with E-state index < -0.39 is 0 Å². The highest BCUT2D eigenvalue weighted by Gasteiger charge is 2.09. The highest BCUT2D eigenvalue weighted by Crippen LogP contribution is 2.32. The standard InChI is InChI=1S/C18H14.C2H5F/c1-3-7-15-13(5-1)9-11-18-16-8-4-2-6-14(16)10-12-17(15)18;1-2-3/h1,3-5,7-12H,2,6H2;2H2,1H3. The predicted molar refractivity (Wildman–Crippen MR) is 90.5 cm³/mol. The van der Waals surface area contributed by atoms with Crippen LogP contribution in [0.5, 0.6) is 0 Å². The Morgan fingerprint density at radius 1 is 0.905 bits per heavy atom. The largest absolute Gasteiger partial charge is 0.251 e. The Bertz CT molecular complexity index is 799. The summed E-state index contributed by atoms with van der Waals surface area (Å²) in [6.07, 6.45) is 6.92. The molecule has 4 rings (SSSR count). The average molecular weight is 278 g/mol. The Kier molecular flexibility index (Phi) is 4.01. The molecule has 0 saturated heterocycles. The van der Waals surface area contributed by atoms with Gasteiger partial charge in [-0.25, -0.2) is 0 Å². The van der Waals surface area contributed by atoms with E-state index in [4.69, 9.17) is 0 Å². The molecule has 0 nitrogen and oxygen atoms in total. The fraction of sp³-hybridized carbons (Fsp3) is 0.200. The number of fused-ring (bicyclic) bond motifs is 5. The van der Waals surface area contributed by atoms with Gasteiger partial charge < -0.3 is 0 Å². The third-order valence-electron chi connectivity index (χ3n) is 3.92. The Balaban J connectivity index is 0.000000409. The first-order chi connectivity index (χ1) is 10.3. The third kappa shape index (κ3) is 2.56. The number of benzene rings is 3. The molecule has 0 spiro atoms. The maximum atomic E-state index is 10.3. The monoisotopic (exact) mass is 278 g/mol. The number of rotatable bonds is 0. The first kappa shape index (κ1) is 13.8. The van der Waals surface area contributed by atoms with E-state index in [0.717, 1.165) is 0 Å². The zero-order valence-electron chi connectivity index (χ0n) is 12.3. The Labute approximate surface area is 124 Å². The summed E-state index contributed by atoms with van der Waals surface area (Å²) in [7, 11) is 0. The molecular weight excluding hydrogens is 259 g/mol. The van der Waals surface area contributed by atoms with Crippen molar-refractivity contribution in [3.05, 3.63) is 65.7 Å². The molecule has 3 aromatic rings. The van der Waals surface area contributed by atoms with Crippen molar-refractivity contribution < 1.29 is 4.39 Å². The van der Waals surface area contributed by atoms with Crippen LogP contribution in [0.4, 0.5) is 4.39 Å². The van der Waals surface area contributed by atoms with Crippen LogP contribution in [0.2, 0.25) is 0 Å². The van der Waals surface area contributed by atoms with Crippen LogP contribution in [0, 0.1) is 0 Å². The molecule has 0 radical (unpaired) electrons. The van der Waals surface area contributed by atoms with Crippen LogP contribution >= 0.6 is 0 Å². The normalized spacial score (nSPS) is 12.9. The molecule has 21 heavy (non-hydrogen) atoms. The van der Waals surface area contributed by atoms with Gasteiger partial charge in [-0.1, -0.05) is 60.7 Å². The van der Waals surface area contributed by atoms with E-state index in [9.17, 15) is 4.39 Å². The van der Waals surface area contributed by atoms with Crippen molar-refractivity contribution in [3.63, 3.8) is 0 Å². The van der Waals surface area contributed by atoms with Crippen LogP contribution in [0.25, 0.3) is 27.6 Å². The van der Waals surface area contributed by atoms with E-state index in [1.807, 2.05) is 0 Å². The molecule has 106 valence electrons. The summed E-state index contributed by atoms with van der Waals surface area (Å²) >= 11 is 0. The molecule has 3 aromatic carbocycles. The fourth-order valence-electron chi connectivity index (χ4n) is 3.01. The molecule has 0 heterocycles. The van der Waals surface area contributed by atoms with Crippen molar-refractivity contribution in [1.29, 1.82) is 0 Å². The SMILES string of the molecule is C1=Cc2c(ccc3c2ccc2ccccc23)CC1.CCF. The molecule has 1 heteroatoms. The van der Waals surface area contributed by atoms with E-state index in [0.29, 0.717) is 0 Å². The number of alkyl halides is 1. The molecule has 0 saturated carbocycles. The minimum atomic E-state index is -0.250. The highest BCUT2D eigenvalue weighted by molar-refractivity contribution is 6.10. The van der Waals surface area contributed by atoms with E-state index in [1.165, 1.54) is 52.4 Å². The van der Waals surface area contributed by atoms with Crippen molar-refractivity contribution in [1.82, 2.24) is 0 Å². The maximum Gasteiger partial charge on any atom is 0.0866 e. The zero-order chi connectivity index (χ0) is 14.7. The Morgan fingerprint density at radius 3 is 2.52 bits per heavy atom. The van der Waals surface area contributed by atoms with Crippen LogP contribution in [0.15, 0.2) is 54.6 Å². The zero-order valence-corrected chi connectivity index (χ0v) is 12.3. The van der Waals surface area contributed by atoms with Crippen molar-refractivity contribution in [2.45, 2.75) is 19.8 Å². The lowest BCUT2D eigenvalue weighted by molar-refractivity contribution is 0.527. The summed E-state index contributed by atoms with van der Waals surface area (Å²) in [6.45, 7) is 1.21. The molecule has 0 N–H and O–H groups in total. The van der Waals surface area contributed by atoms with Crippen LogP contribution in [0.1, 0.15) is 24.5 Å². The van der Waals surface area contributed by atoms with Gasteiger partial charge in [0.1, 0.15) is 0 Å². The first-order valence-electron chi connectivity index (χ1n) is 7.51. The van der Waals surface area contributed by atoms with Crippen LogP contribution < -0.4 is 0 Å². The van der Waals surface area contributed by atoms with Gasteiger partial charge in [0.2, 0.25) is 0 Å². The minimum Gasteiger partial charge on any atom is -0.251 e. The van der Waals surface area contributed by atoms with Gasteiger partial charge in [-0.15, -0.1) is 0 Å². The second-order valence-electron chi connectivity index (χ2n) is 5.23. The number of aryl methyl sites for hydroxylation is 1. The Morgan fingerprint density at radius 2 is 1.67 bits per heavy atom. The topological polar surface area (TPSA) is 0 Å². The van der Waals surface area contributed by atoms with Crippen LogP contribution in [-0.2, 0) is 6.42 Å². The van der Waals surface area contributed by atoms with Crippen LogP contribution in [-0.4, -0.2) is 6.67 Å². The lowest BCUT2D eigenvalue weighted by atomic mass is 9.90. The highest BCUT2D eigenvalue weighted by atomic mass is 19.1. The van der Waals surface area contributed by atoms with Gasteiger partial charge in [-0.05, 0) is 52.4 Å². The third-order valence-corrected chi connectivity index (χ3v) is 3.92. The quantitative estimate of drug-likeness (QED) is 0.447. The molecule has 0 aliphatic heterocycles. The predicted octanol–water partition coefficient (Wildman–Crippen LogP) is 5.93. The number of hydrogen-bond acceptors (Lipinski definition) is 0. The fourth-order valence-corrected chi connectivity index (χ4v) is 3.01. The molecule has 0 amide bonds. The smallest absolute Gasteiger partial charge is 0.0866 e. The number of allylic oxidation sites excluding steroid dienone is 1. The van der Waals surface area contributed by atoms with E-state index in [2.05, 4.69) is 60.7 Å². The average Bonchev–Trinajstić information content (AvgIpc) is 2.55. The van der Waals surface area contributed by atoms with Gasteiger partial charge in [0, 0.05) is 0 Å². The van der Waals surface area contributed by atoms with Crippen molar-refractivity contribution in [3.8, 4) is 0 Å². The van der Waals surface area contributed by atoms with Gasteiger partial charge in [0.15, 0.2) is 0 Å². The summed E-state index contributed by atoms with van der Waals surface area (Å²) in [5.41, 5.74) is 2.91. The molecule has 0 fully saturated rings. The van der Waals surface area contributed by atoms with Gasteiger partial charge in [-0.3, -0.25) is 4.39 Å². The molecule has 0 unspecified atom stereocenters. The summed E-state index contributed by atoms with van der Waals surface area (Å²) in [5, 5.41) is 5.45. The molecule has 0 atom stereocenters. The van der Waals surface area contributed by atoms with Crippen molar-refractivity contribution in [2.24, 2.45) is 0 Å². The summed E-state index contributed by atoms with van der Waals surface area (Å²) in [5.74, 6) is 0. The summed E-state index contributed by atoms with van der Waals surface area (Å²) < 4.78 is 10.3. The molecule has 0 bridgehead atoms. The van der Waals surface area contributed by atoms with E-state index in [-0.39, 0.29) is 6.67 Å². The van der Waals surface area contributed by atoms with E-state index >= 15 is 0 Å². The maximum absolute atomic E-state index is 10.3. The first-order valence-corrected chi connectivity index (χ1v) is 7.51. The van der Waals surface area contributed by atoms with Crippen LogP contribution in [0.3, 0.4) is 0 Å². The molecular formula is C20H19F. The number of hydrogen-bond donors (Lipinski definition) is 0. The van der Waals surface area contributed by atoms with Crippen molar-refractivity contribution >= 4 is 27.6 Å². The second kappa shape index (κ2) is 6.09. The second-order valence-corrected chi connectivity index (χ2v) is 5.23. The molecule has 1 aliphatic carbocycles. The van der Waals surface area contributed by atoms with E-state index in [1.54, 1.807) is 0 Å². The van der Waals surface area contributed by atoms with Gasteiger partial charge in [-0.2, -0.15) is 0 Å². The minimum absolute atomic E-state index is 0.250. The Hall–Kier alpha value is -2.15. The lowest BCUT2D eigenvalue weighted by Gasteiger charge is -2.14. The molecule has 1 aliphatic rings. The van der Waals surface area contributed by atoms with Gasteiger partial charge >= 0.3 is 0 Å². The number of halogens is 1. The van der Waals surface area contributed by atoms with Gasteiger partial charge in [0.25, 0.3) is 0 Å². The summed E-state index contributed by atoms with van der Waals surface area (Å²) in [4.78, 5) is 0. The van der Waals surface area contributed by atoms with Crippen molar-refractivity contribution in [2.75, 3.05) is 6.67 Å². The molecule has 0 aromatic heterocycles. The van der Waals surface area contributed by atoms with Gasteiger partial charge in [0.05, 0.1) is 6.67 Å². The lowest BCUT2D eigenvalue weighted by Crippen LogP contribution is -1.95.